The van der Waals surface area contributed by atoms with Gasteiger partial charge in [-0.2, -0.15) is 0 Å². The van der Waals surface area contributed by atoms with Gasteiger partial charge in [0, 0.05) is 42.8 Å². The minimum absolute atomic E-state index is 0.334. The minimum atomic E-state index is 0.334. The van der Waals surface area contributed by atoms with Crippen LogP contribution in [0.5, 0.6) is 5.75 Å². The van der Waals surface area contributed by atoms with Crippen molar-refractivity contribution in [2.24, 2.45) is 0 Å². The van der Waals surface area contributed by atoms with Crippen molar-refractivity contribution in [1.29, 1.82) is 0 Å². The number of benzene rings is 1. The van der Waals surface area contributed by atoms with Crippen molar-refractivity contribution in [2.75, 3.05) is 13.1 Å². The van der Waals surface area contributed by atoms with Crippen molar-refractivity contribution in [1.82, 2.24) is 9.47 Å². The maximum atomic E-state index is 10.8. The predicted molar refractivity (Wildman–Crippen MR) is 94.0 cm³/mol. The lowest BCUT2D eigenvalue weighted by molar-refractivity contribution is 0.0493. The molecule has 1 aliphatic carbocycles. The number of aldehydes is 1. The monoisotopic (exact) mass is 324 g/mol. The summed E-state index contributed by atoms with van der Waals surface area (Å²) in [4.78, 5) is 13.4. The summed E-state index contributed by atoms with van der Waals surface area (Å²) in [6, 6.07) is 10.8. The van der Waals surface area contributed by atoms with Crippen LogP contribution in [0.4, 0.5) is 0 Å². The Morgan fingerprint density at radius 3 is 2.33 bits per heavy atom. The molecule has 1 aliphatic heterocycles. The first-order valence-corrected chi connectivity index (χ1v) is 8.96. The van der Waals surface area contributed by atoms with Gasteiger partial charge in [0.25, 0.3) is 0 Å². The highest BCUT2D eigenvalue weighted by molar-refractivity contribution is 5.74. The summed E-state index contributed by atoms with van der Waals surface area (Å²) in [6.45, 7) is 2.34. The molecule has 0 bridgehead atoms. The van der Waals surface area contributed by atoms with Gasteiger partial charge in [0.2, 0.25) is 0 Å². The van der Waals surface area contributed by atoms with Crippen LogP contribution in [0.1, 0.15) is 42.5 Å². The van der Waals surface area contributed by atoms with Crippen LogP contribution in [-0.2, 0) is 0 Å². The maximum absolute atomic E-state index is 10.8. The molecule has 0 N–H and O–H groups in total. The van der Waals surface area contributed by atoms with Crippen LogP contribution in [-0.4, -0.2) is 41.0 Å². The van der Waals surface area contributed by atoms with E-state index >= 15 is 0 Å². The molecule has 24 heavy (non-hydrogen) atoms. The van der Waals surface area contributed by atoms with E-state index in [0.717, 1.165) is 36.6 Å². The van der Waals surface area contributed by atoms with E-state index in [2.05, 4.69) is 4.90 Å². The van der Waals surface area contributed by atoms with Gasteiger partial charge in [-0.1, -0.05) is 6.42 Å². The van der Waals surface area contributed by atoms with Gasteiger partial charge in [0.1, 0.15) is 11.9 Å². The molecule has 2 aliphatic rings. The largest absolute Gasteiger partial charge is 0.490 e. The molecule has 4 heteroatoms. The highest BCUT2D eigenvalue weighted by Crippen LogP contribution is 2.28. The number of carbonyl (C=O) groups excluding carboxylic acids is 1. The predicted octanol–water partition coefficient (Wildman–Crippen LogP) is 3.69. The van der Waals surface area contributed by atoms with Crippen molar-refractivity contribution in [3.05, 3.63) is 48.3 Å². The number of ether oxygens (including phenoxy) is 1. The summed E-state index contributed by atoms with van der Waals surface area (Å²) in [5, 5.41) is 0. The van der Waals surface area contributed by atoms with Crippen LogP contribution in [0.2, 0.25) is 0 Å². The molecule has 1 saturated heterocycles. The van der Waals surface area contributed by atoms with E-state index in [-0.39, 0.29) is 0 Å². The quantitative estimate of drug-likeness (QED) is 0.787. The molecule has 4 nitrogen and oxygen atoms in total. The van der Waals surface area contributed by atoms with Gasteiger partial charge in [-0.05, 0) is 56.0 Å². The van der Waals surface area contributed by atoms with Crippen molar-refractivity contribution in [3.63, 3.8) is 0 Å². The Morgan fingerprint density at radius 2 is 1.75 bits per heavy atom. The van der Waals surface area contributed by atoms with E-state index in [1.165, 1.54) is 32.4 Å². The molecule has 2 fully saturated rings. The second-order valence-electron chi connectivity index (χ2n) is 6.90. The standard InChI is InChI=1S/C20H24N2O2/c23-15-16-8-11-22(14-16)18-4-6-19(7-5-18)24-20-9-12-21(13-10-20)17-2-1-3-17/h4-8,11,14-15,17,20H,1-3,9-10,12-13H2. The summed E-state index contributed by atoms with van der Waals surface area (Å²) in [5.74, 6) is 0.934. The molecule has 1 aromatic carbocycles. The van der Waals surface area contributed by atoms with Crippen molar-refractivity contribution >= 4 is 6.29 Å². The third kappa shape index (κ3) is 3.24. The van der Waals surface area contributed by atoms with Crippen LogP contribution in [0.25, 0.3) is 5.69 Å². The number of likely N-dealkylation sites (tertiary alicyclic amines) is 1. The average Bonchev–Trinajstić information content (AvgIpc) is 3.05. The lowest BCUT2D eigenvalue weighted by atomic mass is 9.90. The molecule has 1 aromatic heterocycles. The van der Waals surface area contributed by atoms with Gasteiger partial charge < -0.3 is 14.2 Å². The Labute approximate surface area is 143 Å². The Kier molecular flexibility index (Phi) is 4.39. The number of aromatic nitrogens is 1. The molecular formula is C20H24N2O2. The number of hydrogen-bond donors (Lipinski definition) is 0. The number of rotatable bonds is 5. The van der Waals surface area contributed by atoms with Crippen molar-refractivity contribution < 1.29 is 9.53 Å². The van der Waals surface area contributed by atoms with Gasteiger partial charge in [-0.25, -0.2) is 0 Å². The van der Waals surface area contributed by atoms with Crippen LogP contribution < -0.4 is 4.74 Å². The SMILES string of the molecule is O=Cc1ccn(-c2ccc(OC3CCN(C4CCC4)CC3)cc2)c1. The number of hydrogen-bond acceptors (Lipinski definition) is 3. The van der Waals surface area contributed by atoms with Gasteiger partial charge >= 0.3 is 0 Å². The van der Waals surface area contributed by atoms with E-state index in [4.69, 9.17) is 4.74 Å². The van der Waals surface area contributed by atoms with Gasteiger partial charge in [-0.15, -0.1) is 0 Å². The van der Waals surface area contributed by atoms with E-state index in [9.17, 15) is 4.79 Å². The maximum Gasteiger partial charge on any atom is 0.151 e. The highest BCUT2D eigenvalue weighted by atomic mass is 16.5. The fourth-order valence-corrected chi connectivity index (χ4v) is 3.64. The highest BCUT2D eigenvalue weighted by Gasteiger charge is 2.29. The summed E-state index contributed by atoms with van der Waals surface area (Å²) in [6.07, 6.45) is 11.4. The van der Waals surface area contributed by atoms with Crippen molar-refractivity contribution in [2.45, 2.75) is 44.2 Å². The topological polar surface area (TPSA) is 34.5 Å². The summed E-state index contributed by atoms with van der Waals surface area (Å²) < 4.78 is 8.11. The second kappa shape index (κ2) is 6.81. The Morgan fingerprint density at radius 1 is 1.00 bits per heavy atom. The van der Waals surface area contributed by atoms with Crippen molar-refractivity contribution in [3.8, 4) is 11.4 Å². The summed E-state index contributed by atoms with van der Waals surface area (Å²) in [7, 11) is 0. The number of carbonyl (C=O) groups is 1. The van der Waals surface area contributed by atoms with Crippen LogP contribution in [0.3, 0.4) is 0 Å². The lowest BCUT2D eigenvalue weighted by Gasteiger charge is -2.41. The fourth-order valence-electron chi connectivity index (χ4n) is 3.64. The molecule has 1 saturated carbocycles. The molecular weight excluding hydrogens is 300 g/mol. The summed E-state index contributed by atoms with van der Waals surface area (Å²) >= 11 is 0. The molecule has 126 valence electrons. The first kappa shape index (κ1) is 15.5. The number of piperidine rings is 1. The molecule has 0 atom stereocenters. The first-order chi connectivity index (χ1) is 11.8. The Hall–Kier alpha value is -2.07. The molecule has 4 rings (SSSR count). The molecule has 0 unspecified atom stereocenters. The molecule has 0 amide bonds. The van der Waals surface area contributed by atoms with Gasteiger partial charge in [-0.3, -0.25) is 4.79 Å². The van der Waals surface area contributed by atoms with E-state index < -0.39 is 0 Å². The van der Waals surface area contributed by atoms with E-state index in [1.807, 2.05) is 47.3 Å². The zero-order valence-corrected chi connectivity index (χ0v) is 13.9. The van der Waals surface area contributed by atoms with Gasteiger partial charge in [0.05, 0.1) is 0 Å². The van der Waals surface area contributed by atoms with Crippen LogP contribution in [0, 0.1) is 0 Å². The zero-order chi connectivity index (χ0) is 16.4. The van der Waals surface area contributed by atoms with Gasteiger partial charge in [0.15, 0.2) is 6.29 Å². The minimum Gasteiger partial charge on any atom is -0.490 e. The third-order valence-electron chi connectivity index (χ3n) is 5.36. The first-order valence-electron chi connectivity index (χ1n) is 8.96. The second-order valence-corrected chi connectivity index (χ2v) is 6.90. The smallest absolute Gasteiger partial charge is 0.151 e. The summed E-state index contributed by atoms with van der Waals surface area (Å²) in [5.41, 5.74) is 1.73. The van der Waals surface area contributed by atoms with Crippen LogP contribution in [0.15, 0.2) is 42.7 Å². The normalized spacial score (nSPS) is 19.8. The molecule has 0 spiro atoms. The van der Waals surface area contributed by atoms with E-state index in [1.54, 1.807) is 0 Å². The lowest BCUT2D eigenvalue weighted by Crippen LogP contribution is -2.46. The number of nitrogens with zero attached hydrogens (tertiary/aromatic N) is 2. The molecule has 2 heterocycles. The Bertz CT molecular complexity index is 680. The molecule has 2 aromatic rings. The molecule has 0 radical (unpaired) electrons. The Balaban J connectivity index is 1.33. The average molecular weight is 324 g/mol. The third-order valence-corrected chi connectivity index (χ3v) is 5.36. The fraction of sp³-hybridized carbons (Fsp3) is 0.450. The zero-order valence-electron chi connectivity index (χ0n) is 13.9. The van der Waals surface area contributed by atoms with E-state index in [0.29, 0.717) is 11.7 Å². The van der Waals surface area contributed by atoms with Crippen LogP contribution >= 0.6 is 0 Å².